The van der Waals surface area contributed by atoms with E-state index in [-0.39, 0.29) is 0 Å². The van der Waals surface area contributed by atoms with Crippen LogP contribution >= 0.6 is 11.6 Å². The minimum atomic E-state index is 0.364. The second-order valence-electron chi connectivity index (χ2n) is 3.75. The summed E-state index contributed by atoms with van der Waals surface area (Å²) in [7, 11) is 1.64. The van der Waals surface area contributed by atoms with E-state index in [0.717, 1.165) is 17.0 Å². The molecule has 0 bridgehead atoms. The molecule has 1 N–H and O–H groups in total. The van der Waals surface area contributed by atoms with Gasteiger partial charge in [0.25, 0.3) is 0 Å². The predicted octanol–water partition coefficient (Wildman–Crippen LogP) is 2.91. The summed E-state index contributed by atoms with van der Waals surface area (Å²) in [6.45, 7) is 1.97. The minimum absolute atomic E-state index is 0.364. The third-order valence-electron chi connectivity index (χ3n) is 2.45. The maximum atomic E-state index is 5.60. The highest BCUT2D eigenvalue weighted by molar-refractivity contribution is 6.17. The Labute approximate surface area is 110 Å². The summed E-state index contributed by atoms with van der Waals surface area (Å²) in [6, 6.07) is 6.06. The number of benzene rings is 1. The molecule has 1 aromatic heterocycles. The molecule has 0 saturated heterocycles. The number of methoxy groups -OCH3 is 1. The molecule has 0 radical (unpaired) electrons. The van der Waals surface area contributed by atoms with Gasteiger partial charge in [0.1, 0.15) is 5.75 Å². The van der Waals surface area contributed by atoms with Crippen LogP contribution in [0, 0.1) is 6.92 Å². The number of anilines is 2. The van der Waals surface area contributed by atoms with Crippen LogP contribution in [0.4, 0.5) is 11.7 Å². The molecular weight excluding hydrogens is 254 g/mol. The molecule has 6 heteroatoms. The van der Waals surface area contributed by atoms with Crippen molar-refractivity contribution in [1.29, 1.82) is 0 Å². The first-order valence-electron chi connectivity index (χ1n) is 5.53. The monoisotopic (exact) mass is 267 g/mol. The number of hydrogen-bond acceptors (Lipinski definition) is 5. The number of aryl methyl sites for hydroxylation is 2. The van der Waals surface area contributed by atoms with Crippen molar-refractivity contribution in [3.8, 4) is 5.75 Å². The topological polar surface area (TPSA) is 60.2 Å². The fraction of sp³-hybridized carbons (Fsp3) is 0.333. The van der Waals surface area contributed by atoms with Gasteiger partial charge in [-0.15, -0.1) is 16.7 Å². The molecule has 5 nitrogen and oxygen atoms in total. The number of alkyl halides is 1. The number of aromatic nitrogens is 2. The molecule has 0 unspecified atom stereocenters. The van der Waals surface area contributed by atoms with E-state index in [4.69, 9.17) is 20.8 Å². The molecule has 0 aliphatic rings. The number of nitrogens with one attached hydrogen (secondary N) is 1. The van der Waals surface area contributed by atoms with Crippen molar-refractivity contribution < 1.29 is 9.15 Å². The van der Waals surface area contributed by atoms with Crippen LogP contribution in [0.1, 0.15) is 11.5 Å². The molecular formula is C12H14ClN3O2. The average molecular weight is 268 g/mol. The van der Waals surface area contributed by atoms with E-state index in [1.54, 1.807) is 7.11 Å². The summed E-state index contributed by atoms with van der Waals surface area (Å²) in [4.78, 5) is 0. The number of ether oxygens (including phenoxy) is 1. The molecule has 0 aliphatic carbocycles. The van der Waals surface area contributed by atoms with E-state index in [9.17, 15) is 0 Å². The molecule has 96 valence electrons. The van der Waals surface area contributed by atoms with Crippen LogP contribution in [-0.4, -0.2) is 23.2 Å². The summed E-state index contributed by atoms with van der Waals surface area (Å²) in [5.41, 5.74) is 1.93. The van der Waals surface area contributed by atoms with E-state index >= 15 is 0 Å². The zero-order chi connectivity index (χ0) is 13.0. The largest absolute Gasteiger partial charge is 0.497 e. The lowest BCUT2D eigenvalue weighted by Gasteiger charge is -2.07. The predicted molar refractivity (Wildman–Crippen MR) is 69.7 cm³/mol. The molecule has 0 aliphatic heterocycles. The summed E-state index contributed by atoms with van der Waals surface area (Å²) >= 11 is 5.60. The van der Waals surface area contributed by atoms with Gasteiger partial charge < -0.3 is 14.5 Å². The molecule has 2 rings (SSSR count). The van der Waals surface area contributed by atoms with E-state index in [0.29, 0.717) is 24.2 Å². The minimum Gasteiger partial charge on any atom is -0.497 e. The zero-order valence-electron chi connectivity index (χ0n) is 10.2. The Hall–Kier alpha value is -1.75. The van der Waals surface area contributed by atoms with Gasteiger partial charge in [-0.25, -0.2) is 0 Å². The first-order valence-corrected chi connectivity index (χ1v) is 6.06. The third kappa shape index (κ3) is 2.92. The van der Waals surface area contributed by atoms with Crippen molar-refractivity contribution in [2.45, 2.75) is 13.3 Å². The van der Waals surface area contributed by atoms with Crippen LogP contribution in [0.15, 0.2) is 22.6 Å². The third-order valence-corrected chi connectivity index (χ3v) is 2.64. The van der Waals surface area contributed by atoms with Crippen LogP contribution in [0.25, 0.3) is 0 Å². The van der Waals surface area contributed by atoms with Gasteiger partial charge in [0.2, 0.25) is 5.89 Å². The summed E-state index contributed by atoms with van der Waals surface area (Å²) < 4.78 is 10.5. The molecule has 0 saturated carbocycles. The maximum Gasteiger partial charge on any atom is 0.320 e. The van der Waals surface area contributed by atoms with Crippen LogP contribution < -0.4 is 10.1 Å². The van der Waals surface area contributed by atoms with E-state index < -0.39 is 0 Å². The summed E-state index contributed by atoms with van der Waals surface area (Å²) in [6.07, 6.45) is 0.567. The lowest BCUT2D eigenvalue weighted by atomic mass is 10.2. The molecule has 0 fully saturated rings. The lowest BCUT2D eigenvalue weighted by Crippen LogP contribution is -1.94. The standard InChI is InChI=1S/C12H14ClN3O2/c1-8-7-9(17-2)3-4-10(8)14-12-16-15-11(18-12)5-6-13/h3-4,7H,5-6H2,1-2H3,(H,14,16). The van der Waals surface area contributed by atoms with Gasteiger partial charge in [0.15, 0.2) is 0 Å². The van der Waals surface area contributed by atoms with Crippen LogP contribution in [-0.2, 0) is 6.42 Å². The fourth-order valence-corrected chi connectivity index (χ4v) is 1.67. The first-order chi connectivity index (χ1) is 8.72. The van der Waals surface area contributed by atoms with Crippen molar-refractivity contribution >= 4 is 23.3 Å². The second-order valence-corrected chi connectivity index (χ2v) is 4.12. The first kappa shape index (κ1) is 12.7. The van der Waals surface area contributed by atoms with E-state index in [1.165, 1.54) is 0 Å². The Bertz CT molecular complexity index is 528. The Kier molecular flexibility index (Phi) is 4.04. The molecule has 2 aromatic rings. The SMILES string of the molecule is COc1ccc(Nc2nnc(CCCl)o2)c(C)c1. The zero-order valence-corrected chi connectivity index (χ0v) is 11.0. The maximum absolute atomic E-state index is 5.60. The molecule has 1 heterocycles. The second kappa shape index (κ2) is 5.73. The van der Waals surface area contributed by atoms with Crippen molar-refractivity contribution in [2.24, 2.45) is 0 Å². The normalized spacial score (nSPS) is 10.4. The summed E-state index contributed by atoms with van der Waals surface area (Å²) in [5, 5.41) is 10.8. The van der Waals surface area contributed by atoms with Crippen molar-refractivity contribution in [2.75, 3.05) is 18.3 Å². The van der Waals surface area contributed by atoms with Gasteiger partial charge in [-0.3, -0.25) is 0 Å². The summed E-state index contributed by atoms with van der Waals surface area (Å²) in [5.74, 6) is 1.80. The van der Waals surface area contributed by atoms with Gasteiger partial charge in [0, 0.05) is 18.0 Å². The van der Waals surface area contributed by atoms with Crippen LogP contribution in [0.3, 0.4) is 0 Å². The smallest absolute Gasteiger partial charge is 0.320 e. The molecule has 1 aromatic carbocycles. The highest BCUT2D eigenvalue weighted by Gasteiger charge is 2.07. The van der Waals surface area contributed by atoms with Gasteiger partial charge in [0.05, 0.1) is 7.11 Å². The van der Waals surface area contributed by atoms with Crippen molar-refractivity contribution in [1.82, 2.24) is 10.2 Å². The van der Waals surface area contributed by atoms with Crippen LogP contribution in [0.2, 0.25) is 0 Å². The lowest BCUT2D eigenvalue weighted by molar-refractivity contribution is 0.414. The molecule has 0 spiro atoms. The quantitative estimate of drug-likeness (QED) is 0.844. The van der Waals surface area contributed by atoms with E-state index in [1.807, 2.05) is 25.1 Å². The van der Waals surface area contributed by atoms with E-state index in [2.05, 4.69) is 15.5 Å². The molecule has 18 heavy (non-hydrogen) atoms. The van der Waals surface area contributed by atoms with Gasteiger partial charge in [-0.05, 0) is 30.7 Å². The number of rotatable bonds is 5. The van der Waals surface area contributed by atoms with Gasteiger partial charge >= 0.3 is 6.01 Å². The fourth-order valence-electron chi connectivity index (χ4n) is 1.50. The van der Waals surface area contributed by atoms with Gasteiger partial charge in [-0.2, -0.15) is 0 Å². The highest BCUT2D eigenvalue weighted by Crippen LogP contribution is 2.23. The molecule has 0 atom stereocenters. The molecule has 0 amide bonds. The van der Waals surface area contributed by atoms with Crippen molar-refractivity contribution in [3.05, 3.63) is 29.7 Å². The Morgan fingerprint density at radius 3 is 2.89 bits per heavy atom. The van der Waals surface area contributed by atoms with Gasteiger partial charge in [-0.1, -0.05) is 5.10 Å². The Morgan fingerprint density at radius 2 is 2.22 bits per heavy atom. The van der Waals surface area contributed by atoms with Crippen molar-refractivity contribution in [3.63, 3.8) is 0 Å². The van der Waals surface area contributed by atoms with Crippen LogP contribution in [0.5, 0.6) is 5.75 Å². The average Bonchev–Trinajstić information content (AvgIpc) is 2.80. The highest BCUT2D eigenvalue weighted by atomic mass is 35.5. The number of halogens is 1. The Morgan fingerprint density at radius 1 is 1.39 bits per heavy atom. The Balaban J connectivity index is 2.12. The number of nitrogens with zero attached hydrogens (tertiary/aromatic N) is 2. The number of hydrogen-bond donors (Lipinski definition) is 1.